The molecule has 0 spiro atoms. The van der Waals surface area contributed by atoms with Crippen LogP contribution in [0.3, 0.4) is 0 Å². The molecule has 0 radical (unpaired) electrons. The van der Waals surface area contributed by atoms with Crippen LogP contribution in [0.4, 0.5) is 0 Å². The average molecular weight is 560 g/mol. The molecular formula is C20H37N11O8. The van der Waals surface area contributed by atoms with Gasteiger partial charge in [0.1, 0.15) is 18.1 Å². The number of guanidine groups is 2. The van der Waals surface area contributed by atoms with Crippen LogP contribution in [0.5, 0.6) is 0 Å². The van der Waals surface area contributed by atoms with Crippen molar-refractivity contribution in [3.63, 3.8) is 0 Å². The van der Waals surface area contributed by atoms with E-state index in [-0.39, 0.29) is 50.7 Å². The number of carboxylic acids is 2. The van der Waals surface area contributed by atoms with Crippen molar-refractivity contribution < 1.29 is 39.0 Å². The number of hydrogen-bond donors (Lipinski definition) is 11. The van der Waals surface area contributed by atoms with Crippen molar-refractivity contribution in [1.82, 2.24) is 16.0 Å². The van der Waals surface area contributed by atoms with E-state index in [4.69, 9.17) is 39.5 Å². The monoisotopic (exact) mass is 559 g/mol. The molecule has 0 bridgehead atoms. The molecule has 0 saturated carbocycles. The Kier molecular flexibility index (Phi) is 15.6. The number of aliphatic imine (C=N–C) groups is 2. The smallest absolute Gasteiger partial charge is 0.326 e. The van der Waals surface area contributed by atoms with Gasteiger partial charge in [-0.15, -0.1) is 0 Å². The van der Waals surface area contributed by atoms with Crippen LogP contribution in [-0.4, -0.2) is 95.0 Å². The molecular weight excluding hydrogens is 522 g/mol. The maximum atomic E-state index is 13.1. The number of carbonyl (C=O) groups is 6. The van der Waals surface area contributed by atoms with Gasteiger partial charge in [-0.05, 0) is 25.7 Å². The first-order valence-electron chi connectivity index (χ1n) is 11.6. The van der Waals surface area contributed by atoms with E-state index in [1.54, 1.807) is 0 Å². The maximum absolute atomic E-state index is 13.1. The number of nitrogens with one attached hydrogen (secondary N) is 3. The Bertz CT molecular complexity index is 948. The Morgan fingerprint density at radius 3 is 1.41 bits per heavy atom. The summed E-state index contributed by atoms with van der Waals surface area (Å²) >= 11 is 0. The van der Waals surface area contributed by atoms with Crippen molar-refractivity contribution in [1.29, 1.82) is 0 Å². The number of amides is 4. The van der Waals surface area contributed by atoms with Crippen LogP contribution >= 0.6 is 0 Å². The summed E-state index contributed by atoms with van der Waals surface area (Å²) < 4.78 is 0. The Hall–Kier alpha value is -4.68. The number of aliphatic carboxylic acids is 2. The Morgan fingerprint density at radius 1 is 0.641 bits per heavy atom. The third-order valence-corrected chi connectivity index (χ3v) is 4.91. The minimum atomic E-state index is -1.78. The zero-order valence-electron chi connectivity index (χ0n) is 21.2. The molecule has 0 heterocycles. The van der Waals surface area contributed by atoms with E-state index in [9.17, 15) is 33.9 Å². The summed E-state index contributed by atoms with van der Waals surface area (Å²) in [4.78, 5) is 79.4. The fraction of sp³-hybridized carbons (Fsp3) is 0.600. The SMILES string of the molecule is NC(=O)CC(N)C(=O)NC(CCCN=C(N)N)C(=O)NC(CCCN=C(N)N)C(=O)NC(CC(=O)O)C(=O)O. The van der Waals surface area contributed by atoms with Crippen molar-refractivity contribution in [2.45, 2.75) is 62.7 Å². The maximum Gasteiger partial charge on any atom is 0.326 e. The summed E-state index contributed by atoms with van der Waals surface area (Å²) in [5.41, 5.74) is 31.8. The van der Waals surface area contributed by atoms with Crippen LogP contribution in [0.25, 0.3) is 0 Å². The molecule has 19 heteroatoms. The molecule has 4 atom stereocenters. The lowest BCUT2D eigenvalue weighted by atomic mass is 10.1. The van der Waals surface area contributed by atoms with Gasteiger partial charge in [0.25, 0.3) is 0 Å². The molecule has 0 aromatic rings. The van der Waals surface area contributed by atoms with Gasteiger partial charge in [-0.25, -0.2) is 4.79 Å². The van der Waals surface area contributed by atoms with E-state index in [2.05, 4.69) is 25.9 Å². The van der Waals surface area contributed by atoms with Gasteiger partial charge in [0.05, 0.1) is 18.9 Å². The largest absolute Gasteiger partial charge is 0.481 e. The molecule has 4 unspecified atom stereocenters. The molecule has 0 aromatic heterocycles. The molecule has 0 fully saturated rings. The molecule has 0 aliphatic heterocycles. The molecule has 0 aromatic carbocycles. The molecule has 39 heavy (non-hydrogen) atoms. The van der Waals surface area contributed by atoms with Crippen molar-refractivity contribution in [2.75, 3.05) is 13.1 Å². The molecule has 0 rings (SSSR count). The van der Waals surface area contributed by atoms with Crippen LogP contribution in [0.15, 0.2) is 9.98 Å². The number of carbonyl (C=O) groups excluding carboxylic acids is 4. The van der Waals surface area contributed by atoms with Gasteiger partial charge >= 0.3 is 11.9 Å². The van der Waals surface area contributed by atoms with Crippen molar-refractivity contribution in [2.24, 2.45) is 44.4 Å². The van der Waals surface area contributed by atoms with Gasteiger partial charge in [0.15, 0.2) is 11.9 Å². The van der Waals surface area contributed by atoms with Gasteiger partial charge in [0, 0.05) is 13.1 Å². The Labute approximate surface area is 223 Å². The van der Waals surface area contributed by atoms with Gasteiger partial charge in [-0.1, -0.05) is 0 Å². The number of carboxylic acid groups (broad SMARTS) is 2. The van der Waals surface area contributed by atoms with E-state index in [1.807, 2.05) is 0 Å². The molecule has 4 amide bonds. The molecule has 0 aliphatic rings. The van der Waals surface area contributed by atoms with Gasteiger partial charge in [-0.3, -0.25) is 34.0 Å². The molecule has 17 N–H and O–H groups in total. The fourth-order valence-electron chi connectivity index (χ4n) is 3.05. The Balaban J connectivity index is 5.80. The van der Waals surface area contributed by atoms with Crippen LogP contribution in [0.1, 0.15) is 38.5 Å². The number of nitrogens with zero attached hydrogens (tertiary/aromatic N) is 2. The highest BCUT2D eigenvalue weighted by Crippen LogP contribution is 2.06. The van der Waals surface area contributed by atoms with Crippen molar-refractivity contribution in [3.8, 4) is 0 Å². The first kappa shape index (κ1) is 34.3. The highest BCUT2D eigenvalue weighted by Gasteiger charge is 2.31. The summed E-state index contributed by atoms with van der Waals surface area (Å²) in [6, 6.07) is -5.80. The first-order chi connectivity index (χ1) is 18.1. The van der Waals surface area contributed by atoms with Gasteiger partial charge in [-0.2, -0.15) is 0 Å². The van der Waals surface area contributed by atoms with Crippen LogP contribution < -0.4 is 50.4 Å². The summed E-state index contributed by atoms with van der Waals surface area (Å²) in [5, 5.41) is 25.0. The number of primary amides is 1. The predicted molar refractivity (Wildman–Crippen MR) is 137 cm³/mol. The number of nitrogens with two attached hydrogens (primary N) is 6. The van der Waals surface area contributed by atoms with Crippen molar-refractivity contribution >= 4 is 47.5 Å². The third-order valence-electron chi connectivity index (χ3n) is 4.91. The van der Waals surface area contributed by atoms with Crippen LogP contribution in [0, 0.1) is 0 Å². The van der Waals surface area contributed by atoms with Gasteiger partial charge < -0.3 is 60.6 Å². The highest BCUT2D eigenvalue weighted by molar-refractivity contribution is 5.95. The first-order valence-corrected chi connectivity index (χ1v) is 11.6. The van der Waals surface area contributed by atoms with Gasteiger partial charge in [0.2, 0.25) is 23.6 Å². The zero-order valence-corrected chi connectivity index (χ0v) is 21.2. The molecule has 0 saturated heterocycles. The lowest BCUT2D eigenvalue weighted by molar-refractivity contribution is -0.147. The fourth-order valence-corrected chi connectivity index (χ4v) is 3.05. The van der Waals surface area contributed by atoms with E-state index in [1.165, 1.54) is 0 Å². The molecule has 19 nitrogen and oxygen atoms in total. The molecule has 0 aliphatic carbocycles. The average Bonchev–Trinajstić information content (AvgIpc) is 2.80. The summed E-state index contributed by atoms with van der Waals surface area (Å²) in [6.45, 7) is 0.146. The zero-order chi connectivity index (χ0) is 30.1. The second-order valence-electron chi connectivity index (χ2n) is 8.29. The topological polar surface area (TPSA) is 360 Å². The Morgan fingerprint density at radius 2 is 1.05 bits per heavy atom. The summed E-state index contributed by atoms with van der Waals surface area (Å²) in [5.74, 6) is -7.10. The van der Waals surface area contributed by atoms with E-state index < -0.39 is 72.6 Å². The normalized spacial score (nSPS) is 13.5. The predicted octanol–water partition coefficient (Wildman–Crippen LogP) is -5.69. The van der Waals surface area contributed by atoms with Crippen LogP contribution in [-0.2, 0) is 28.8 Å². The quantitative estimate of drug-likeness (QED) is 0.0399. The summed E-state index contributed by atoms with van der Waals surface area (Å²) in [6.07, 6.45) is -1.19. The van der Waals surface area contributed by atoms with E-state index in [0.29, 0.717) is 0 Å². The summed E-state index contributed by atoms with van der Waals surface area (Å²) in [7, 11) is 0. The minimum Gasteiger partial charge on any atom is -0.481 e. The number of rotatable bonds is 19. The van der Waals surface area contributed by atoms with E-state index in [0.717, 1.165) is 0 Å². The molecule has 220 valence electrons. The lowest BCUT2D eigenvalue weighted by Crippen LogP contribution is -2.57. The van der Waals surface area contributed by atoms with Crippen molar-refractivity contribution in [3.05, 3.63) is 0 Å². The van der Waals surface area contributed by atoms with E-state index >= 15 is 0 Å². The second-order valence-corrected chi connectivity index (χ2v) is 8.29. The highest BCUT2D eigenvalue weighted by atomic mass is 16.4. The number of hydrogen-bond acceptors (Lipinski definition) is 9. The minimum absolute atomic E-state index is 0.0310. The lowest BCUT2D eigenvalue weighted by Gasteiger charge is -2.25. The second kappa shape index (κ2) is 17.7. The third kappa shape index (κ3) is 15.9. The standard InChI is InChI=1S/C20H37N11O8/c21-9(7-13(22)32)15(35)29-10(3-1-5-27-19(23)24)16(36)30-11(4-2-6-28-20(25)26)17(37)31-12(18(38)39)8-14(33)34/h9-12H,1-8,21H2,(H2,22,32)(H,29,35)(H,30,36)(H,31,37)(H,33,34)(H,38,39)(H4,23,24,27)(H4,25,26,28). The van der Waals surface area contributed by atoms with Crippen LogP contribution in [0.2, 0.25) is 0 Å².